The minimum Gasteiger partial charge on any atom is -0.367 e. The zero-order chi connectivity index (χ0) is 20.8. The van der Waals surface area contributed by atoms with Crippen LogP contribution in [-0.4, -0.2) is 39.2 Å². The van der Waals surface area contributed by atoms with Gasteiger partial charge in [0.15, 0.2) is 5.82 Å². The van der Waals surface area contributed by atoms with Crippen molar-refractivity contribution in [3.05, 3.63) is 72.1 Å². The number of anilines is 3. The molecule has 0 saturated carbocycles. The number of hydrogen-bond acceptors (Lipinski definition) is 6. The summed E-state index contributed by atoms with van der Waals surface area (Å²) < 4.78 is 0. The maximum absolute atomic E-state index is 12.2. The van der Waals surface area contributed by atoms with Gasteiger partial charge in [-0.25, -0.2) is 4.98 Å². The highest BCUT2D eigenvalue weighted by Gasteiger charge is 2.08. The van der Waals surface area contributed by atoms with Crippen LogP contribution in [0.5, 0.6) is 0 Å². The van der Waals surface area contributed by atoms with Gasteiger partial charge in [-0.15, -0.1) is 10.2 Å². The summed E-state index contributed by atoms with van der Waals surface area (Å²) in [5, 5.41) is 18.5. The largest absolute Gasteiger partial charge is 0.367 e. The van der Waals surface area contributed by atoms with E-state index in [4.69, 9.17) is 0 Å². The van der Waals surface area contributed by atoms with E-state index in [1.54, 1.807) is 6.20 Å². The number of hydrogen-bond donors (Lipinski definition) is 4. The van der Waals surface area contributed by atoms with Gasteiger partial charge >= 0.3 is 0 Å². The van der Waals surface area contributed by atoms with Crippen molar-refractivity contribution >= 4 is 34.3 Å². The summed E-state index contributed by atoms with van der Waals surface area (Å²) in [5.74, 6) is 1.97. The predicted octanol–water partition coefficient (Wildman–Crippen LogP) is 3.18. The molecule has 30 heavy (non-hydrogen) atoms. The van der Waals surface area contributed by atoms with E-state index in [1.165, 1.54) is 0 Å². The van der Waals surface area contributed by atoms with Gasteiger partial charge in [0.2, 0.25) is 5.91 Å². The van der Waals surface area contributed by atoms with Gasteiger partial charge < -0.3 is 20.9 Å². The molecule has 4 rings (SSSR count). The number of pyridine rings is 1. The van der Waals surface area contributed by atoms with Crippen molar-refractivity contribution in [3.63, 3.8) is 0 Å². The van der Waals surface area contributed by atoms with E-state index in [-0.39, 0.29) is 5.91 Å². The summed E-state index contributed by atoms with van der Waals surface area (Å²) in [6, 6.07) is 15.5. The van der Waals surface area contributed by atoms with E-state index < -0.39 is 0 Å². The molecule has 8 nitrogen and oxygen atoms in total. The Morgan fingerprint density at radius 3 is 2.67 bits per heavy atom. The van der Waals surface area contributed by atoms with Gasteiger partial charge in [0.25, 0.3) is 0 Å². The molecule has 0 radical (unpaired) electrons. The van der Waals surface area contributed by atoms with Crippen LogP contribution in [0.15, 0.2) is 60.9 Å². The Balaban J connectivity index is 1.21. The second-order valence-electron chi connectivity index (χ2n) is 6.96. The summed E-state index contributed by atoms with van der Waals surface area (Å²) in [6.07, 6.45) is 3.98. The van der Waals surface area contributed by atoms with E-state index in [0.717, 1.165) is 27.8 Å². The van der Waals surface area contributed by atoms with Crippen molar-refractivity contribution in [3.8, 4) is 0 Å². The van der Waals surface area contributed by atoms with Crippen LogP contribution in [0.1, 0.15) is 11.1 Å². The second-order valence-corrected chi connectivity index (χ2v) is 6.96. The first-order valence-corrected chi connectivity index (χ1v) is 9.76. The Labute approximate surface area is 174 Å². The van der Waals surface area contributed by atoms with Crippen LogP contribution < -0.4 is 16.0 Å². The first kappa shape index (κ1) is 19.4. The Kier molecular flexibility index (Phi) is 5.84. The first-order valence-electron chi connectivity index (χ1n) is 9.76. The molecule has 0 aliphatic heterocycles. The number of nitrogens with one attached hydrogen (secondary N) is 4. The fourth-order valence-corrected chi connectivity index (χ4v) is 3.13. The van der Waals surface area contributed by atoms with E-state index >= 15 is 0 Å². The zero-order valence-electron chi connectivity index (χ0n) is 16.6. The fourth-order valence-electron chi connectivity index (χ4n) is 3.13. The number of carbonyl (C=O) groups is 1. The summed E-state index contributed by atoms with van der Waals surface area (Å²) in [7, 11) is 0. The highest BCUT2D eigenvalue weighted by molar-refractivity contribution is 5.88. The van der Waals surface area contributed by atoms with E-state index in [9.17, 15) is 4.79 Å². The smallest absolute Gasteiger partial charge is 0.224 e. The van der Waals surface area contributed by atoms with Gasteiger partial charge in [-0.2, -0.15) is 0 Å². The molecule has 1 amide bonds. The lowest BCUT2D eigenvalue weighted by Gasteiger charge is -2.08. The Bertz CT molecular complexity index is 1140. The third-order valence-corrected chi connectivity index (χ3v) is 4.62. The molecule has 0 bridgehead atoms. The molecule has 0 aliphatic rings. The molecular weight excluding hydrogens is 378 g/mol. The topological polar surface area (TPSA) is 108 Å². The number of para-hydroxylation sites is 1. The number of benzene rings is 1. The Morgan fingerprint density at radius 1 is 1.00 bits per heavy atom. The Hall–Kier alpha value is -3.94. The van der Waals surface area contributed by atoms with Gasteiger partial charge in [-0.05, 0) is 48.4 Å². The number of nitrogens with zero attached hydrogens (tertiary/aromatic N) is 3. The van der Waals surface area contributed by atoms with Crippen LogP contribution in [0.25, 0.3) is 10.9 Å². The van der Waals surface area contributed by atoms with Crippen molar-refractivity contribution in [1.82, 2.24) is 25.5 Å². The second kappa shape index (κ2) is 9.04. The highest BCUT2D eigenvalue weighted by Crippen LogP contribution is 2.18. The summed E-state index contributed by atoms with van der Waals surface area (Å²) >= 11 is 0. The molecule has 8 heteroatoms. The van der Waals surface area contributed by atoms with E-state index in [2.05, 4.69) is 36.1 Å². The molecule has 0 aliphatic carbocycles. The summed E-state index contributed by atoms with van der Waals surface area (Å²) in [5.41, 5.74) is 3.15. The summed E-state index contributed by atoms with van der Waals surface area (Å²) in [4.78, 5) is 19.6. The molecule has 3 heterocycles. The minimum atomic E-state index is -0.0159. The average Bonchev–Trinajstić information content (AvgIpc) is 3.15. The number of aromatic amines is 1. The lowest BCUT2D eigenvalue weighted by Crippen LogP contribution is -2.30. The fraction of sp³-hybridized carbons (Fsp3) is 0.182. The highest BCUT2D eigenvalue weighted by atomic mass is 16.1. The van der Waals surface area contributed by atoms with E-state index in [0.29, 0.717) is 31.1 Å². The third-order valence-electron chi connectivity index (χ3n) is 4.62. The monoisotopic (exact) mass is 401 g/mol. The predicted molar refractivity (Wildman–Crippen MR) is 118 cm³/mol. The Morgan fingerprint density at radius 2 is 1.83 bits per heavy atom. The summed E-state index contributed by atoms with van der Waals surface area (Å²) in [6.45, 7) is 3.06. The first-order chi connectivity index (χ1) is 14.7. The maximum Gasteiger partial charge on any atom is 0.224 e. The third kappa shape index (κ3) is 4.91. The number of amides is 1. The normalized spacial score (nSPS) is 10.7. The van der Waals surface area contributed by atoms with Crippen molar-refractivity contribution in [2.75, 3.05) is 23.7 Å². The number of aromatic nitrogens is 4. The van der Waals surface area contributed by atoms with Gasteiger partial charge in [-0.3, -0.25) is 4.79 Å². The molecule has 152 valence electrons. The van der Waals surface area contributed by atoms with Crippen LogP contribution in [0, 0.1) is 6.92 Å². The molecule has 0 spiro atoms. The molecule has 0 saturated heterocycles. The lowest BCUT2D eigenvalue weighted by atomic mass is 10.1. The van der Waals surface area contributed by atoms with Crippen molar-refractivity contribution in [2.45, 2.75) is 13.3 Å². The standard InChI is InChI=1S/C22H23N7O/c1-15-8-9-23-21(12-15)27-20-7-6-19(28-29-20)24-10-11-25-22(30)13-16-14-26-18-5-3-2-4-17(16)18/h2-9,12,14,26H,10-11,13H2,1H3,(H,24,28)(H,25,30)(H,23,27,29). The molecule has 0 atom stereocenters. The minimum absolute atomic E-state index is 0.0159. The molecular formula is C22H23N7O. The maximum atomic E-state index is 12.2. The lowest BCUT2D eigenvalue weighted by molar-refractivity contribution is -0.120. The van der Waals surface area contributed by atoms with E-state index in [1.807, 2.05) is 61.7 Å². The van der Waals surface area contributed by atoms with Gasteiger partial charge in [-0.1, -0.05) is 18.2 Å². The van der Waals surface area contributed by atoms with Crippen molar-refractivity contribution in [2.24, 2.45) is 0 Å². The van der Waals surface area contributed by atoms with Gasteiger partial charge in [0, 0.05) is 36.4 Å². The van der Waals surface area contributed by atoms with Crippen molar-refractivity contribution in [1.29, 1.82) is 0 Å². The molecule has 3 aromatic heterocycles. The van der Waals surface area contributed by atoms with Crippen molar-refractivity contribution < 1.29 is 4.79 Å². The zero-order valence-corrected chi connectivity index (χ0v) is 16.6. The number of carbonyl (C=O) groups excluding carboxylic acids is 1. The molecule has 0 fully saturated rings. The number of rotatable bonds is 8. The molecule has 4 aromatic rings. The van der Waals surface area contributed by atoms with Crippen LogP contribution in [-0.2, 0) is 11.2 Å². The number of H-pyrrole nitrogens is 1. The SMILES string of the molecule is Cc1ccnc(Nc2ccc(NCCNC(=O)Cc3c[nH]c4ccccc34)nn2)c1. The number of fused-ring (bicyclic) bond motifs is 1. The molecule has 4 N–H and O–H groups in total. The van der Waals surface area contributed by atoms with Crippen LogP contribution in [0.2, 0.25) is 0 Å². The number of aryl methyl sites for hydroxylation is 1. The van der Waals surface area contributed by atoms with Gasteiger partial charge in [0.1, 0.15) is 11.6 Å². The van der Waals surface area contributed by atoms with Crippen LogP contribution in [0.3, 0.4) is 0 Å². The van der Waals surface area contributed by atoms with Crippen LogP contribution >= 0.6 is 0 Å². The molecule has 1 aromatic carbocycles. The van der Waals surface area contributed by atoms with Gasteiger partial charge in [0.05, 0.1) is 6.42 Å². The van der Waals surface area contributed by atoms with Crippen LogP contribution in [0.4, 0.5) is 17.5 Å². The average molecular weight is 401 g/mol. The molecule has 0 unspecified atom stereocenters. The quantitative estimate of drug-likeness (QED) is 0.338.